The van der Waals surface area contributed by atoms with Gasteiger partial charge in [-0.05, 0) is 55.3 Å². The lowest BCUT2D eigenvalue weighted by Gasteiger charge is -2.18. The zero-order chi connectivity index (χ0) is 20.5. The topological polar surface area (TPSA) is 72.5 Å². The van der Waals surface area contributed by atoms with Gasteiger partial charge in [0.05, 0.1) is 0 Å². The highest BCUT2D eigenvalue weighted by atomic mass is 16.5. The predicted octanol–water partition coefficient (Wildman–Crippen LogP) is 4.10. The normalized spacial score (nSPS) is 12.2. The van der Waals surface area contributed by atoms with Crippen molar-refractivity contribution in [2.75, 3.05) is 11.9 Å². The number of carbonyl (C=O) groups is 3. The molecule has 0 saturated carbocycles. The number of ketones is 2. The van der Waals surface area contributed by atoms with Crippen molar-refractivity contribution in [2.24, 2.45) is 0 Å². The van der Waals surface area contributed by atoms with Crippen molar-refractivity contribution < 1.29 is 19.1 Å². The minimum Gasteiger partial charge on any atom is -0.484 e. The van der Waals surface area contributed by atoms with Crippen molar-refractivity contribution in [1.82, 2.24) is 0 Å². The number of hydrogen-bond donors (Lipinski definition) is 1. The molecule has 0 unspecified atom stereocenters. The van der Waals surface area contributed by atoms with Crippen LogP contribution in [0.5, 0.6) is 5.75 Å². The number of rotatable bonds is 4. The van der Waals surface area contributed by atoms with E-state index in [1.54, 1.807) is 42.5 Å². The maximum Gasteiger partial charge on any atom is 0.262 e. The molecule has 0 bridgehead atoms. The van der Waals surface area contributed by atoms with Crippen LogP contribution in [0.4, 0.5) is 5.69 Å². The van der Waals surface area contributed by atoms with Crippen LogP contribution >= 0.6 is 0 Å². The summed E-state index contributed by atoms with van der Waals surface area (Å²) in [7, 11) is 0. The van der Waals surface area contributed by atoms with Crippen LogP contribution in [0.2, 0.25) is 0 Å². The summed E-state index contributed by atoms with van der Waals surface area (Å²) in [4.78, 5) is 37.7. The van der Waals surface area contributed by atoms with Crippen LogP contribution in [0, 0.1) is 13.8 Å². The number of aryl methyl sites for hydroxylation is 2. The smallest absolute Gasteiger partial charge is 0.262 e. The van der Waals surface area contributed by atoms with Crippen molar-refractivity contribution in [3.8, 4) is 5.75 Å². The molecule has 3 aromatic rings. The first-order valence-electron chi connectivity index (χ1n) is 9.26. The Morgan fingerprint density at radius 1 is 0.793 bits per heavy atom. The average molecular weight is 385 g/mol. The first-order chi connectivity index (χ1) is 13.9. The van der Waals surface area contributed by atoms with Crippen LogP contribution in [0.1, 0.15) is 43.0 Å². The van der Waals surface area contributed by atoms with E-state index in [0.717, 1.165) is 11.1 Å². The summed E-state index contributed by atoms with van der Waals surface area (Å²) in [5, 5.41) is 2.72. The van der Waals surface area contributed by atoms with Crippen molar-refractivity contribution in [1.29, 1.82) is 0 Å². The Morgan fingerprint density at radius 3 is 2.03 bits per heavy atom. The summed E-state index contributed by atoms with van der Waals surface area (Å²) in [5.41, 5.74) is 3.98. The molecule has 1 aliphatic carbocycles. The van der Waals surface area contributed by atoms with Gasteiger partial charge in [0.25, 0.3) is 5.91 Å². The van der Waals surface area contributed by atoms with E-state index in [0.29, 0.717) is 33.7 Å². The molecule has 1 amide bonds. The average Bonchev–Trinajstić information content (AvgIpc) is 2.70. The number of fused-ring (bicyclic) bond motifs is 2. The molecule has 0 fully saturated rings. The molecular formula is C24H19NO4. The van der Waals surface area contributed by atoms with Crippen molar-refractivity contribution in [2.45, 2.75) is 13.8 Å². The van der Waals surface area contributed by atoms with E-state index in [9.17, 15) is 14.4 Å². The molecule has 0 radical (unpaired) electrons. The number of amides is 1. The molecule has 0 atom stereocenters. The first-order valence-corrected chi connectivity index (χ1v) is 9.26. The van der Waals surface area contributed by atoms with Crippen LogP contribution in [0.25, 0.3) is 0 Å². The highest BCUT2D eigenvalue weighted by Crippen LogP contribution is 2.29. The number of ether oxygens (including phenoxy) is 1. The van der Waals surface area contributed by atoms with Gasteiger partial charge in [0.1, 0.15) is 5.75 Å². The molecule has 0 spiro atoms. The molecule has 144 valence electrons. The fraction of sp³-hybridized carbons (Fsp3) is 0.125. The summed E-state index contributed by atoms with van der Waals surface area (Å²) in [6.07, 6.45) is 0. The second kappa shape index (κ2) is 7.36. The molecule has 0 aromatic heterocycles. The third kappa shape index (κ3) is 3.67. The lowest BCUT2D eigenvalue weighted by atomic mass is 9.84. The molecule has 0 heterocycles. The van der Waals surface area contributed by atoms with Gasteiger partial charge in [0, 0.05) is 27.9 Å². The number of nitrogens with one attached hydrogen (secondary N) is 1. The minimum atomic E-state index is -0.348. The van der Waals surface area contributed by atoms with Crippen molar-refractivity contribution in [3.63, 3.8) is 0 Å². The number of anilines is 1. The Balaban J connectivity index is 1.50. The Bertz CT molecular complexity index is 1140. The fourth-order valence-corrected chi connectivity index (χ4v) is 3.54. The Kier molecular flexibility index (Phi) is 4.72. The third-order valence-corrected chi connectivity index (χ3v) is 4.77. The quantitative estimate of drug-likeness (QED) is 0.574. The summed E-state index contributed by atoms with van der Waals surface area (Å²) < 4.78 is 5.57. The third-order valence-electron chi connectivity index (χ3n) is 4.77. The van der Waals surface area contributed by atoms with Crippen molar-refractivity contribution in [3.05, 3.63) is 94.0 Å². The summed E-state index contributed by atoms with van der Waals surface area (Å²) in [6, 6.07) is 17.2. The molecule has 5 heteroatoms. The Labute approximate surface area is 168 Å². The van der Waals surface area contributed by atoms with Gasteiger partial charge in [-0.25, -0.2) is 0 Å². The number of hydrogen-bond acceptors (Lipinski definition) is 4. The van der Waals surface area contributed by atoms with Crippen LogP contribution < -0.4 is 10.1 Å². The zero-order valence-corrected chi connectivity index (χ0v) is 16.1. The molecule has 29 heavy (non-hydrogen) atoms. The largest absolute Gasteiger partial charge is 0.484 e. The van der Waals surface area contributed by atoms with Crippen LogP contribution in [-0.2, 0) is 4.79 Å². The maximum absolute atomic E-state index is 12.8. The molecule has 3 aromatic carbocycles. The Morgan fingerprint density at radius 2 is 1.38 bits per heavy atom. The number of carbonyl (C=O) groups excluding carboxylic acids is 3. The van der Waals surface area contributed by atoms with E-state index >= 15 is 0 Å². The van der Waals surface area contributed by atoms with Gasteiger partial charge < -0.3 is 10.1 Å². The summed E-state index contributed by atoms with van der Waals surface area (Å²) in [5.74, 6) is -0.136. The van der Waals surface area contributed by atoms with E-state index in [-0.39, 0.29) is 24.1 Å². The van der Waals surface area contributed by atoms with Gasteiger partial charge in [-0.3, -0.25) is 14.4 Å². The monoisotopic (exact) mass is 385 g/mol. The molecule has 1 aliphatic rings. The number of benzene rings is 3. The summed E-state index contributed by atoms with van der Waals surface area (Å²) >= 11 is 0. The molecule has 4 rings (SSSR count). The van der Waals surface area contributed by atoms with Gasteiger partial charge in [-0.2, -0.15) is 0 Å². The Hall–Kier alpha value is -3.73. The van der Waals surface area contributed by atoms with E-state index in [2.05, 4.69) is 5.32 Å². The predicted molar refractivity (Wildman–Crippen MR) is 110 cm³/mol. The first kappa shape index (κ1) is 18.6. The van der Waals surface area contributed by atoms with Gasteiger partial charge in [-0.1, -0.05) is 30.3 Å². The molecular weight excluding hydrogens is 366 g/mol. The molecule has 0 saturated heterocycles. The second-order valence-corrected chi connectivity index (χ2v) is 7.12. The van der Waals surface area contributed by atoms with E-state index in [1.165, 1.54) is 0 Å². The summed E-state index contributed by atoms with van der Waals surface area (Å²) in [6.45, 7) is 3.77. The lowest BCUT2D eigenvalue weighted by Crippen LogP contribution is -2.23. The van der Waals surface area contributed by atoms with Gasteiger partial charge >= 0.3 is 0 Å². The fourth-order valence-electron chi connectivity index (χ4n) is 3.54. The highest BCUT2D eigenvalue weighted by Gasteiger charge is 2.29. The van der Waals surface area contributed by atoms with E-state index in [1.807, 2.05) is 32.0 Å². The van der Waals surface area contributed by atoms with Gasteiger partial charge in [-0.15, -0.1) is 0 Å². The van der Waals surface area contributed by atoms with Gasteiger partial charge in [0.2, 0.25) is 0 Å². The second-order valence-electron chi connectivity index (χ2n) is 7.12. The zero-order valence-electron chi connectivity index (χ0n) is 16.1. The molecule has 1 N–H and O–H groups in total. The standard InChI is InChI=1S/C24H19NO4/c1-14-9-15(2)11-17(10-14)29-13-22(26)25-16-7-8-20-21(12-16)24(28)19-6-4-3-5-18(19)23(20)27/h3-12H,13H2,1-2H3,(H,25,26). The van der Waals surface area contributed by atoms with Crippen LogP contribution in [-0.4, -0.2) is 24.1 Å². The van der Waals surface area contributed by atoms with Crippen molar-refractivity contribution >= 4 is 23.2 Å². The molecule has 5 nitrogen and oxygen atoms in total. The van der Waals surface area contributed by atoms with E-state index in [4.69, 9.17) is 4.74 Å². The van der Waals surface area contributed by atoms with Crippen LogP contribution in [0.3, 0.4) is 0 Å². The maximum atomic E-state index is 12.8. The van der Waals surface area contributed by atoms with Crippen LogP contribution in [0.15, 0.2) is 60.7 Å². The SMILES string of the molecule is Cc1cc(C)cc(OCC(=O)Nc2ccc3c(c2)C(=O)c2ccccc2C3=O)c1. The van der Waals surface area contributed by atoms with E-state index < -0.39 is 0 Å². The van der Waals surface area contributed by atoms with Gasteiger partial charge in [0.15, 0.2) is 18.2 Å². The minimum absolute atomic E-state index is 0.157. The lowest BCUT2D eigenvalue weighted by molar-refractivity contribution is -0.118. The molecule has 0 aliphatic heterocycles. The highest BCUT2D eigenvalue weighted by molar-refractivity contribution is 6.28.